The second kappa shape index (κ2) is 13.0. The lowest BCUT2D eigenvalue weighted by atomic mass is 10.0. The van der Waals surface area contributed by atoms with Crippen LogP contribution < -0.4 is 10.6 Å². The van der Waals surface area contributed by atoms with Crippen molar-refractivity contribution in [3.8, 4) is 10.6 Å². The van der Waals surface area contributed by atoms with Crippen LogP contribution in [0.3, 0.4) is 0 Å². The number of nitrogens with one attached hydrogen (secondary N) is 2. The van der Waals surface area contributed by atoms with Crippen molar-refractivity contribution in [1.82, 2.24) is 9.62 Å². The summed E-state index contributed by atoms with van der Waals surface area (Å²) >= 11 is 2.70. The molecule has 0 saturated heterocycles. The predicted molar refractivity (Wildman–Crippen MR) is 189 cm³/mol. The quantitative estimate of drug-likeness (QED) is 0.0933. The van der Waals surface area contributed by atoms with Gasteiger partial charge in [0.2, 0.25) is 10.0 Å². The van der Waals surface area contributed by atoms with Crippen molar-refractivity contribution < 1.29 is 32.1 Å². The second-order valence-corrected chi connectivity index (χ2v) is 16.9. The molecule has 2 aromatic carbocycles. The standard InChI is InChI=1S/C34H34N4O8S3/c1-19-20(2)47-31(29(19)32(39)46-34(3,4)5)36-33(40)35-17-25-24-14-15-37(49(43,44)23-12-10-22(11-13-23)38(41)42)18-28(24)48-30(25)27-16-21-8-6-7-9-26(21)45-27/h6-13,16H,14-15,17-18H2,1-5H3,(H2,35,36,40). The van der Waals surface area contributed by atoms with E-state index in [1.54, 1.807) is 20.8 Å². The van der Waals surface area contributed by atoms with Gasteiger partial charge in [-0.1, -0.05) is 18.2 Å². The zero-order chi connectivity index (χ0) is 35.2. The number of nitro groups is 1. The Bertz CT molecular complexity index is 2180. The van der Waals surface area contributed by atoms with Crippen molar-refractivity contribution in [2.45, 2.75) is 64.6 Å². The Morgan fingerprint density at radius 2 is 1.80 bits per heavy atom. The third-order valence-corrected chi connectivity index (χ3v) is 12.4. The lowest BCUT2D eigenvalue weighted by Gasteiger charge is -2.26. The van der Waals surface area contributed by atoms with Crippen LogP contribution in [0.15, 0.2) is 63.9 Å². The van der Waals surface area contributed by atoms with Gasteiger partial charge in [-0.3, -0.25) is 15.4 Å². The first-order valence-electron chi connectivity index (χ1n) is 15.4. The monoisotopic (exact) mass is 722 g/mol. The number of nitro benzene ring substituents is 1. The molecule has 0 radical (unpaired) electrons. The van der Waals surface area contributed by atoms with E-state index >= 15 is 0 Å². The number of para-hydroxylation sites is 1. The van der Waals surface area contributed by atoms with Gasteiger partial charge in [0.1, 0.15) is 21.9 Å². The molecule has 0 spiro atoms. The molecule has 3 aromatic heterocycles. The molecule has 5 aromatic rings. The van der Waals surface area contributed by atoms with E-state index in [4.69, 9.17) is 9.15 Å². The summed E-state index contributed by atoms with van der Waals surface area (Å²) in [5.41, 5.74) is 2.59. The molecule has 49 heavy (non-hydrogen) atoms. The fraction of sp³-hybridized carbons (Fsp3) is 0.294. The number of non-ortho nitro benzene ring substituents is 1. The summed E-state index contributed by atoms with van der Waals surface area (Å²) in [4.78, 5) is 39.3. The number of benzene rings is 2. The van der Waals surface area contributed by atoms with Crippen LogP contribution in [0.1, 0.15) is 57.6 Å². The Hall–Kier alpha value is -4.57. The van der Waals surface area contributed by atoms with Gasteiger partial charge >= 0.3 is 12.0 Å². The highest BCUT2D eigenvalue weighted by molar-refractivity contribution is 7.89. The lowest BCUT2D eigenvalue weighted by Crippen LogP contribution is -2.36. The Kier molecular flexibility index (Phi) is 9.13. The first kappa shape index (κ1) is 34.3. The highest BCUT2D eigenvalue weighted by Crippen LogP contribution is 2.42. The number of thiophene rings is 2. The van der Waals surface area contributed by atoms with E-state index in [0.29, 0.717) is 28.3 Å². The summed E-state index contributed by atoms with van der Waals surface area (Å²) in [6.45, 7) is 9.42. The van der Waals surface area contributed by atoms with Crippen LogP contribution in [0.25, 0.3) is 21.6 Å². The Morgan fingerprint density at radius 1 is 1.08 bits per heavy atom. The minimum atomic E-state index is -3.94. The molecule has 12 nitrogen and oxygen atoms in total. The van der Waals surface area contributed by atoms with Crippen molar-refractivity contribution in [2.24, 2.45) is 0 Å². The average Bonchev–Trinajstić information content (AvgIpc) is 3.71. The molecule has 0 saturated carbocycles. The van der Waals surface area contributed by atoms with E-state index in [2.05, 4.69) is 10.6 Å². The van der Waals surface area contributed by atoms with Gasteiger partial charge in [0.25, 0.3) is 5.69 Å². The fourth-order valence-corrected chi connectivity index (χ4v) is 9.49. The molecule has 0 atom stereocenters. The molecular formula is C34H34N4O8S3. The molecule has 1 aliphatic heterocycles. The smallest absolute Gasteiger partial charge is 0.341 e. The van der Waals surface area contributed by atoms with Crippen molar-refractivity contribution in [3.05, 3.63) is 96.7 Å². The summed E-state index contributed by atoms with van der Waals surface area (Å²) in [6.07, 6.45) is 0.378. The summed E-state index contributed by atoms with van der Waals surface area (Å²) in [5.74, 6) is 0.0799. The Labute approximate surface area is 290 Å². The van der Waals surface area contributed by atoms with Crippen molar-refractivity contribution in [3.63, 3.8) is 0 Å². The number of amides is 2. The molecule has 256 valence electrons. The molecule has 1 aliphatic rings. The van der Waals surface area contributed by atoms with E-state index in [1.165, 1.54) is 51.2 Å². The first-order chi connectivity index (χ1) is 23.1. The van der Waals surface area contributed by atoms with Gasteiger partial charge in [0.05, 0.1) is 20.3 Å². The number of sulfonamides is 1. The van der Waals surface area contributed by atoms with Crippen LogP contribution in [0, 0.1) is 24.0 Å². The van der Waals surface area contributed by atoms with Gasteiger partial charge in [-0.25, -0.2) is 18.0 Å². The lowest BCUT2D eigenvalue weighted by molar-refractivity contribution is -0.384. The van der Waals surface area contributed by atoms with E-state index in [0.717, 1.165) is 36.7 Å². The maximum atomic E-state index is 13.6. The number of hydrogen-bond donors (Lipinski definition) is 2. The van der Waals surface area contributed by atoms with Gasteiger partial charge < -0.3 is 14.5 Å². The SMILES string of the molecule is Cc1sc(NC(=O)NCc2c(-c3cc4ccccc4o3)sc3c2CCN(S(=O)(=O)c2ccc([N+](=O)[O-])cc2)C3)c(C(=O)OC(C)(C)C)c1C. The maximum absolute atomic E-state index is 13.6. The number of urea groups is 1. The van der Waals surface area contributed by atoms with E-state index in [9.17, 15) is 28.1 Å². The highest BCUT2D eigenvalue weighted by Gasteiger charge is 2.33. The second-order valence-electron chi connectivity index (χ2n) is 12.6. The molecule has 15 heteroatoms. The number of ether oxygens (including phenoxy) is 1. The minimum absolute atomic E-state index is 0.0287. The van der Waals surface area contributed by atoms with Crippen LogP contribution in [0.2, 0.25) is 0 Å². The Morgan fingerprint density at radius 3 is 2.47 bits per heavy atom. The van der Waals surface area contributed by atoms with Gasteiger partial charge in [-0.05, 0) is 82.0 Å². The summed E-state index contributed by atoms with van der Waals surface area (Å²) in [7, 11) is -3.94. The topological polar surface area (TPSA) is 161 Å². The number of carbonyl (C=O) groups is 2. The molecule has 2 N–H and O–H groups in total. The molecule has 0 aliphatic carbocycles. The number of carbonyl (C=O) groups excluding carboxylic acids is 2. The van der Waals surface area contributed by atoms with Crippen molar-refractivity contribution in [2.75, 3.05) is 11.9 Å². The molecule has 0 bridgehead atoms. The van der Waals surface area contributed by atoms with Crippen LogP contribution in [0.4, 0.5) is 15.5 Å². The summed E-state index contributed by atoms with van der Waals surface area (Å²) in [6, 6.07) is 13.8. The van der Waals surface area contributed by atoms with Crippen LogP contribution in [-0.2, 0) is 34.3 Å². The molecule has 4 heterocycles. The van der Waals surface area contributed by atoms with Gasteiger partial charge in [0, 0.05) is 46.9 Å². The minimum Gasteiger partial charge on any atom is -0.456 e. The number of esters is 1. The van der Waals surface area contributed by atoms with Crippen LogP contribution in [-0.4, -0.2) is 41.8 Å². The number of anilines is 1. The molecule has 0 unspecified atom stereocenters. The first-order valence-corrected chi connectivity index (χ1v) is 18.4. The number of furan rings is 1. The van der Waals surface area contributed by atoms with Gasteiger partial charge in [0.15, 0.2) is 0 Å². The van der Waals surface area contributed by atoms with Crippen LogP contribution in [0.5, 0.6) is 0 Å². The highest BCUT2D eigenvalue weighted by atomic mass is 32.2. The third-order valence-electron chi connectivity index (χ3n) is 8.11. The third kappa shape index (κ3) is 6.97. The summed E-state index contributed by atoms with van der Waals surface area (Å²) in [5, 5.41) is 18.2. The molecule has 2 amide bonds. The number of aryl methyl sites for hydroxylation is 1. The Balaban J connectivity index is 1.28. The zero-order valence-electron chi connectivity index (χ0n) is 27.4. The van der Waals surface area contributed by atoms with Crippen LogP contribution >= 0.6 is 22.7 Å². The average molecular weight is 723 g/mol. The largest absolute Gasteiger partial charge is 0.456 e. The maximum Gasteiger partial charge on any atom is 0.341 e. The van der Waals surface area contributed by atoms with Crippen molar-refractivity contribution in [1.29, 1.82) is 0 Å². The van der Waals surface area contributed by atoms with Crippen molar-refractivity contribution >= 4 is 66.4 Å². The number of hydrogen-bond acceptors (Lipinski definition) is 10. The molecule has 0 fully saturated rings. The number of nitrogens with zero attached hydrogens (tertiary/aromatic N) is 2. The fourth-order valence-electron chi connectivity index (χ4n) is 5.63. The predicted octanol–water partition coefficient (Wildman–Crippen LogP) is 7.77. The zero-order valence-corrected chi connectivity index (χ0v) is 29.9. The van der Waals surface area contributed by atoms with E-state index < -0.39 is 32.5 Å². The van der Waals surface area contributed by atoms with E-state index in [1.807, 2.05) is 44.2 Å². The molecular weight excluding hydrogens is 689 g/mol. The van der Waals surface area contributed by atoms with E-state index in [-0.39, 0.29) is 30.2 Å². The number of fused-ring (bicyclic) bond motifs is 2. The normalized spacial score (nSPS) is 13.7. The van der Waals surface area contributed by atoms with Gasteiger partial charge in [-0.2, -0.15) is 4.31 Å². The molecule has 6 rings (SSSR count). The van der Waals surface area contributed by atoms with Gasteiger partial charge in [-0.15, -0.1) is 22.7 Å². The summed E-state index contributed by atoms with van der Waals surface area (Å²) < 4.78 is 40.3. The number of rotatable bonds is 8.